The van der Waals surface area contributed by atoms with E-state index in [4.69, 9.17) is 10.8 Å². The number of anilines is 1. The Morgan fingerprint density at radius 1 is 1.29 bits per heavy atom. The van der Waals surface area contributed by atoms with Crippen LogP contribution in [0.25, 0.3) is 11.3 Å². The summed E-state index contributed by atoms with van der Waals surface area (Å²) in [5, 5.41) is 9.05. The van der Waals surface area contributed by atoms with E-state index in [1.165, 1.54) is 6.07 Å². The van der Waals surface area contributed by atoms with Crippen LogP contribution in [0.1, 0.15) is 16.1 Å². The molecule has 0 bridgehead atoms. The van der Waals surface area contributed by atoms with Gasteiger partial charge in [0.05, 0.1) is 22.6 Å². The number of nitrogens with two attached hydrogens (primary N) is 1. The molecule has 0 spiro atoms. The first kappa shape index (κ1) is 11.1. The van der Waals surface area contributed by atoms with Crippen LogP contribution in [0.5, 0.6) is 0 Å². The molecule has 3 N–H and O–H groups in total. The molecule has 4 nitrogen and oxygen atoms in total. The van der Waals surface area contributed by atoms with Gasteiger partial charge in [-0.1, -0.05) is 30.3 Å². The quantitative estimate of drug-likeness (QED) is 0.827. The average Bonchev–Trinajstić information content (AvgIpc) is 2.33. The highest BCUT2D eigenvalue weighted by atomic mass is 16.4. The zero-order valence-electron chi connectivity index (χ0n) is 9.34. The molecule has 0 atom stereocenters. The van der Waals surface area contributed by atoms with Crippen molar-refractivity contribution in [2.45, 2.75) is 6.92 Å². The van der Waals surface area contributed by atoms with Crippen molar-refractivity contribution in [3.05, 3.63) is 47.7 Å². The SMILES string of the molecule is Cc1nc(-c2ccccc2)cc(C(=O)O)c1N. The van der Waals surface area contributed by atoms with Gasteiger partial charge >= 0.3 is 5.97 Å². The number of aromatic nitrogens is 1. The number of nitrogens with zero attached hydrogens (tertiary/aromatic N) is 1. The third-order valence-corrected chi connectivity index (χ3v) is 2.55. The van der Waals surface area contributed by atoms with Gasteiger partial charge in [-0.15, -0.1) is 0 Å². The second-order valence-corrected chi connectivity index (χ2v) is 3.73. The number of aryl methyl sites for hydroxylation is 1. The van der Waals surface area contributed by atoms with E-state index >= 15 is 0 Å². The van der Waals surface area contributed by atoms with Crippen LogP contribution in [0.3, 0.4) is 0 Å². The number of carbonyl (C=O) groups is 1. The molecule has 0 radical (unpaired) electrons. The summed E-state index contributed by atoms with van der Waals surface area (Å²) >= 11 is 0. The van der Waals surface area contributed by atoms with Crippen molar-refractivity contribution in [2.24, 2.45) is 0 Å². The van der Waals surface area contributed by atoms with Crippen LogP contribution in [0.2, 0.25) is 0 Å². The van der Waals surface area contributed by atoms with Gasteiger partial charge in [0.2, 0.25) is 0 Å². The summed E-state index contributed by atoms with van der Waals surface area (Å²) < 4.78 is 0. The predicted octanol–water partition coefficient (Wildman–Crippen LogP) is 2.34. The van der Waals surface area contributed by atoms with Gasteiger partial charge in [-0.3, -0.25) is 4.98 Å². The smallest absolute Gasteiger partial charge is 0.337 e. The Labute approximate surface area is 98.7 Å². The first-order valence-corrected chi connectivity index (χ1v) is 5.15. The van der Waals surface area contributed by atoms with Crippen LogP contribution in [-0.2, 0) is 0 Å². The maximum Gasteiger partial charge on any atom is 0.337 e. The van der Waals surface area contributed by atoms with Gasteiger partial charge < -0.3 is 10.8 Å². The molecule has 0 saturated heterocycles. The summed E-state index contributed by atoms with van der Waals surface area (Å²) in [6.07, 6.45) is 0. The number of aromatic carboxylic acids is 1. The Morgan fingerprint density at radius 2 is 1.94 bits per heavy atom. The molecule has 17 heavy (non-hydrogen) atoms. The van der Waals surface area contributed by atoms with Crippen molar-refractivity contribution in [2.75, 3.05) is 5.73 Å². The van der Waals surface area contributed by atoms with Crippen molar-refractivity contribution in [3.8, 4) is 11.3 Å². The summed E-state index contributed by atoms with van der Waals surface area (Å²) in [5.74, 6) is -1.04. The lowest BCUT2D eigenvalue weighted by Crippen LogP contribution is -2.06. The minimum atomic E-state index is -1.04. The van der Waals surface area contributed by atoms with Crippen molar-refractivity contribution in [1.29, 1.82) is 0 Å². The maximum absolute atomic E-state index is 11.0. The molecule has 1 heterocycles. The Hall–Kier alpha value is -2.36. The molecule has 0 fully saturated rings. The molecule has 0 amide bonds. The Bertz CT molecular complexity index is 565. The van der Waals surface area contributed by atoms with E-state index in [1.54, 1.807) is 6.92 Å². The molecule has 0 unspecified atom stereocenters. The van der Waals surface area contributed by atoms with Crippen molar-refractivity contribution in [1.82, 2.24) is 4.98 Å². The van der Waals surface area contributed by atoms with E-state index in [0.29, 0.717) is 11.4 Å². The number of hydrogen-bond acceptors (Lipinski definition) is 3. The first-order chi connectivity index (χ1) is 8.09. The molecule has 0 aliphatic heterocycles. The van der Waals surface area contributed by atoms with Gasteiger partial charge in [0.25, 0.3) is 0 Å². The molecule has 0 aliphatic rings. The second-order valence-electron chi connectivity index (χ2n) is 3.73. The molecule has 0 saturated carbocycles. The van der Waals surface area contributed by atoms with Gasteiger partial charge in [0.15, 0.2) is 0 Å². The molecule has 2 rings (SSSR count). The fourth-order valence-corrected chi connectivity index (χ4v) is 1.62. The molecular weight excluding hydrogens is 216 g/mol. The van der Waals surface area contributed by atoms with Crippen LogP contribution in [0.15, 0.2) is 36.4 Å². The van der Waals surface area contributed by atoms with Crippen molar-refractivity contribution < 1.29 is 9.90 Å². The van der Waals surface area contributed by atoms with Crippen LogP contribution in [-0.4, -0.2) is 16.1 Å². The van der Waals surface area contributed by atoms with Gasteiger partial charge in [-0.2, -0.15) is 0 Å². The van der Waals surface area contributed by atoms with Crippen molar-refractivity contribution in [3.63, 3.8) is 0 Å². The molecule has 86 valence electrons. The third-order valence-electron chi connectivity index (χ3n) is 2.55. The van der Waals surface area contributed by atoms with Crippen LogP contribution >= 0.6 is 0 Å². The zero-order chi connectivity index (χ0) is 12.4. The summed E-state index contributed by atoms with van der Waals surface area (Å²) in [4.78, 5) is 15.3. The monoisotopic (exact) mass is 228 g/mol. The standard InChI is InChI=1S/C13H12N2O2/c1-8-12(14)10(13(16)17)7-11(15-8)9-5-3-2-4-6-9/h2-7H,14H2,1H3,(H,16,17). The molecule has 1 aromatic heterocycles. The summed E-state index contributed by atoms with van der Waals surface area (Å²) in [6, 6.07) is 10.9. The Kier molecular flexibility index (Phi) is 2.78. The van der Waals surface area contributed by atoms with E-state index in [0.717, 1.165) is 5.56 Å². The average molecular weight is 228 g/mol. The van der Waals surface area contributed by atoms with Crippen LogP contribution < -0.4 is 5.73 Å². The lowest BCUT2D eigenvalue weighted by molar-refractivity contribution is 0.0698. The van der Waals surface area contributed by atoms with E-state index in [9.17, 15) is 4.79 Å². The van der Waals surface area contributed by atoms with Crippen LogP contribution in [0.4, 0.5) is 5.69 Å². The molecule has 2 aromatic rings. The minimum Gasteiger partial charge on any atom is -0.478 e. The first-order valence-electron chi connectivity index (χ1n) is 5.15. The number of benzene rings is 1. The Balaban J connectivity index is 2.61. The van der Waals surface area contributed by atoms with E-state index in [2.05, 4.69) is 4.98 Å². The Morgan fingerprint density at radius 3 is 2.53 bits per heavy atom. The largest absolute Gasteiger partial charge is 0.478 e. The molecule has 1 aromatic carbocycles. The minimum absolute atomic E-state index is 0.0938. The third kappa shape index (κ3) is 2.10. The zero-order valence-corrected chi connectivity index (χ0v) is 9.34. The normalized spacial score (nSPS) is 10.2. The molecule has 0 aliphatic carbocycles. The van der Waals surface area contributed by atoms with Crippen molar-refractivity contribution >= 4 is 11.7 Å². The van der Waals surface area contributed by atoms with Gasteiger partial charge in [-0.25, -0.2) is 4.79 Å². The summed E-state index contributed by atoms with van der Waals surface area (Å²) in [7, 11) is 0. The molecular formula is C13H12N2O2. The highest BCUT2D eigenvalue weighted by Gasteiger charge is 2.13. The topological polar surface area (TPSA) is 76.2 Å². The second kappa shape index (κ2) is 4.25. The highest BCUT2D eigenvalue weighted by molar-refractivity contribution is 5.95. The van der Waals surface area contributed by atoms with Gasteiger partial charge in [-0.05, 0) is 13.0 Å². The highest BCUT2D eigenvalue weighted by Crippen LogP contribution is 2.23. The summed E-state index contributed by atoms with van der Waals surface area (Å²) in [5.41, 5.74) is 8.03. The van der Waals surface area contributed by atoms with Crippen LogP contribution in [0, 0.1) is 6.92 Å². The predicted molar refractivity (Wildman–Crippen MR) is 65.8 cm³/mol. The molecule has 4 heteroatoms. The fraction of sp³-hybridized carbons (Fsp3) is 0.0769. The number of carboxylic acid groups (broad SMARTS) is 1. The van der Waals surface area contributed by atoms with E-state index in [-0.39, 0.29) is 11.3 Å². The summed E-state index contributed by atoms with van der Waals surface area (Å²) in [6.45, 7) is 1.70. The maximum atomic E-state index is 11.0. The lowest BCUT2D eigenvalue weighted by atomic mass is 10.1. The number of nitrogen functional groups attached to an aromatic ring is 1. The van der Waals surface area contributed by atoms with Gasteiger partial charge in [0, 0.05) is 5.56 Å². The number of rotatable bonds is 2. The van der Waals surface area contributed by atoms with Gasteiger partial charge in [0.1, 0.15) is 0 Å². The number of pyridine rings is 1. The number of hydrogen-bond donors (Lipinski definition) is 2. The number of carboxylic acids is 1. The van der Waals surface area contributed by atoms with E-state index < -0.39 is 5.97 Å². The van der Waals surface area contributed by atoms with E-state index in [1.807, 2.05) is 30.3 Å². The lowest BCUT2D eigenvalue weighted by Gasteiger charge is -2.08. The fourth-order valence-electron chi connectivity index (χ4n) is 1.62.